The van der Waals surface area contributed by atoms with Gasteiger partial charge in [-0.1, -0.05) is 32.9 Å². The van der Waals surface area contributed by atoms with E-state index < -0.39 is 0 Å². The van der Waals surface area contributed by atoms with Gasteiger partial charge in [0.15, 0.2) is 5.82 Å². The smallest absolute Gasteiger partial charge is 0.230 e. The van der Waals surface area contributed by atoms with Crippen LogP contribution >= 0.6 is 0 Å². The molecule has 1 fully saturated rings. The quantitative estimate of drug-likeness (QED) is 0.836. The lowest BCUT2D eigenvalue weighted by molar-refractivity contribution is 0.225. The van der Waals surface area contributed by atoms with Crippen LogP contribution in [0.1, 0.15) is 64.6 Å². The second-order valence-electron chi connectivity index (χ2n) is 6.05. The van der Waals surface area contributed by atoms with Crippen molar-refractivity contribution in [3.63, 3.8) is 0 Å². The van der Waals surface area contributed by atoms with Crippen molar-refractivity contribution in [1.29, 1.82) is 0 Å². The molecule has 0 spiro atoms. The van der Waals surface area contributed by atoms with E-state index in [0.717, 1.165) is 19.3 Å². The lowest BCUT2D eigenvalue weighted by Gasteiger charge is -2.34. The molecule has 16 heavy (non-hydrogen) atoms. The van der Waals surface area contributed by atoms with E-state index in [4.69, 9.17) is 10.3 Å². The van der Waals surface area contributed by atoms with Crippen LogP contribution in [-0.2, 0) is 5.54 Å². The van der Waals surface area contributed by atoms with E-state index in [-0.39, 0.29) is 16.9 Å². The van der Waals surface area contributed by atoms with Crippen molar-refractivity contribution in [2.45, 2.75) is 58.4 Å². The van der Waals surface area contributed by atoms with Gasteiger partial charge in [0.25, 0.3) is 0 Å². The van der Waals surface area contributed by atoms with Gasteiger partial charge in [-0.05, 0) is 24.7 Å². The van der Waals surface area contributed by atoms with Crippen LogP contribution in [0.2, 0.25) is 0 Å². The first kappa shape index (κ1) is 11.6. The molecule has 1 saturated carbocycles. The van der Waals surface area contributed by atoms with Crippen LogP contribution in [0.5, 0.6) is 0 Å². The van der Waals surface area contributed by atoms with Crippen LogP contribution in [0, 0.1) is 5.41 Å². The standard InChI is InChI=1S/C12H21N3O/c1-8(11(2,3)4)9-14-10(15-16-9)12(13)6-5-7-12/h8H,5-7,13H2,1-4H3. The van der Waals surface area contributed by atoms with Gasteiger partial charge in [0.2, 0.25) is 5.89 Å². The highest BCUT2D eigenvalue weighted by Crippen LogP contribution is 2.39. The monoisotopic (exact) mass is 223 g/mol. The summed E-state index contributed by atoms with van der Waals surface area (Å²) < 4.78 is 5.33. The number of hydrogen-bond acceptors (Lipinski definition) is 4. The highest BCUT2D eigenvalue weighted by molar-refractivity contribution is 5.10. The summed E-state index contributed by atoms with van der Waals surface area (Å²) >= 11 is 0. The Bertz CT molecular complexity index is 374. The van der Waals surface area contributed by atoms with E-state index in [1.165, 1.54) is 0 Å². The Morgan fingerprint density at radius 2 is 2.00 bits per heavy atom. The summed E-state index contributed by atoms with van der Waals surface area (Å²) in [5.41, 5.74) is 5.97. The molecule has 1 atom stereocenters. The zero-order valence-corrected chi connectivity index (χ0v) is 10.6. The minimum absolute atomic E-state index is 0.130. The van der Waals surface area contributed by atoms with Gasteiger partial charge in [-0.2, -0.15) is 4.98 Å². The Balaban J connectivity index is 2.20. The Labute approximate surface area is 96.6 Å². The number of rotatable bonds is 2. The molecule has 0 saturated heterocycles. The number of nitrogens with two attached hydrogens (primary N) is 1. The van der Waals surface area contributed by atoms with Crippen LogP contribution in [0.15, 0.2) is 4.52 Å². The van der Waals surface area contributed by atoms with Gasteiger partial charge in [0, 0.05) is 5.92 Å². The molecule has 4 nitrogen and oxygen atoms in total. The zero-order chi connectivity index (χ0) is 12.0. The largest absolute Gasteiger partial charge is 0.339 e. The van der Waals surface area contributed by atoms with E-state index in [0.29, 0.717) is 11.7 Å². The third kappa shape index (κ3) is 1.86. The van der Waals surface area contributed by atoms with Crippen molar-refractivity contribution in [3.05, 3.63) is 11.7 Å². The highest BCUT2D eigenvalue weighted by atomic mass is 16.5. The molecule has 1 aromatic heterocycles. The van der Waals surface area contributed by atoms with Crippen molar-refractivity contribution in [1.82, 2.24) is 10.1 Å². The van der Waals surface area contributed by atoms with Crippen LogP contribution in [0.3, 0.4) is 0 Å². The molecule has 0 aromatic carbocycles. The van der Waals surface area contributed by atoms with Crippen molar-refractivity contribution < 1.29 is 4.52 Å². The average Bonchev–Trinajstić information content (AvgIpc) is 2.60. The van der Waals surface area contributed by atoms with Crippen molar-refractivity contribution in [3.8, 4) is 0 Å². The molecule has 0 aliphatic heterocycles. The van der Waals surface area contributed by atoms with Gasteiger partial charge in [0.05, 0.1) is 5.54 Å². The van der Waals surface area contributed by atoms with Crippen LogP contribution in [0.25, 0.3) is 0 Å². The second kappa shape index (κ2) is 3.55. The molecule has 1 heterocycles. The van der Waals surface area contributed by atoms with E-state index in [1.54, 1.807) is 0 Å². The topological polar surface area (TPSA) is 64.9 Å². The lowest BCUT2D eigenvalue weighted by atomic mass is 9.77. The fourth-order valence-corrected chi connectivity index (χ4v) is 1.77. The molecule has 1 aliphatic carbocycles. The fourth-order valence-electron chi connectivity index (χ4n) is 1.77. The molecule has 0 bridgehead atoms. The van der Waals surface area contributed by atoms with Crippen LogP contribution in [-0.4, -0.2) is 10.1 Å². The SMILES string of the molecule is CC(c1nc(C2(N)CCC2)no1)C(C)(C)C. The summed E-state index contributed by atoms with van der Waals surface area (Å²) in [6, 6.07) is 0. The maximum absolute atomic E-state index is 6.16. The van der Waals surface area contributed by atoms with Gasteiger partial charge in [-0.15, -0.1) is 0 Å². The van der Waals surface area contributed by atoms with Gasteiger partial charge in [-0.3, -0.25) is 0 Å². The molecular formula is C12H21N3O. The van der Waals surface area contributed by atoms with Crippen molar-refractivity contribution in [2.24, 2.45) is 11.1 Å². The summed E-state index contributed by atoms with van der Waals surface area (Å²) in [6.45, 7) is 8.62. The summed E-state index contributed by atoms with van der Waals surface area (Å²) in [5.74, 6) is 1.64. The van der Waals surface area contributed by atoms with E-state index in [1.807, 2.05) is 0 Å². The minimum atomic E-state index is -0.320. The van der Waals surface area contributed by atoms with E-state index in [2.05, 4.69) is 37.8 Å². The van der Waals surface area contributed by atoms with Gasteiger partial charge in [-0.25, -0.2) is 0 Å². The summed E-state index contributed by atoms with van der Waals surface area (Å²) in [7, 11) is 0. The zero-order valence-electron chi connectivity index (χ0n) is 10.6. The number of aromatic nitrogens is 2. The molecule has 1 aromatic rings. The van der Waals surface area contributed by atoms with Crippen LogP contribution < -0.4 is 5.73 Å². The molecule has 2 N–H and O–H groups in total. The van der Waals surface area contributed by atoms with Crippen molar-refractivity contribution >= 4 is 0 Å². The molecule has 2 rings (SSSR count). The Kier molecular flexibility index (Phi) is 2.57. The second-order valence-corrected chi connectivity index (χ2v) is 6.05. The molecule has 1 unspecified atom stereocenters. The van der Waals surface area contributed by atoms with E-state index >= 15 is 0 Å². The molecule has 90 valence electrons. The number of nitrogens with zero attached hydrogens (tertiary/aromatic N) is 2. The predicted molar refractivity (Wildman–Crippen MR) is 61.9 cm³/mol. The normalized spacial score (nSPS) is 21.6. The summed E-state index contributed by atoms with van der Waals surface area (Å²) in [5, 5.41) is 4.03. The minimum Gasteiger partial charge on any atom is -0.339 e. The first-order chi connectivity index (χ1) is 7.33. The first-order valence-corrected chi connectivity index (χ1v) is 5.96. The van der Waals surface area contributed by atoms with Crippen LogP contribution in [0.4, 0.5) is 0 Å². The maximum Gasteiger partial charge on any atom is 0.230 e. The Morgan fingerprint density at radius 3 is 2.44 bits per heavy atom. The molecule has 0 amide bonds. The summed E-state index contributed by atoms with van der Waals surface area (Å²) in [6.07, 6.45) is 3.10. The molecule has 4 heteroatoms. The molecular weight excluding hydrogens is 202 g/mol. The lowest BCUT2D eigenvalue weighted by Crippen LogP contribution is -2.44. The Morgan fingerprint density at radius 1 is 1.38 bits per heavy atom. The molecule has 0 radical (unpaired) electrons. The first-order valence-electron chi connectivity index (χ1n) is 5.96. The molecule has 1 aliphatic rings. The Hall–Kier alpha value is -0.900. The van der Waals surface area contributed by atoms with E-state index in [9.17, 15) is 0 Å². The summed E-state index contributed by atoms with van der Waals surface area (Å²) in [4.78, 5) is 4.47. The predicted octanol–water partition coefficient (Wildman–Crippen LogP) is 2.56. The maximum atomic E-state index is 6.16. The third-order valence-electron chi connectivity index (χ3n) is 3.80. The van der Waals surface area contributed by atoms with Gasteiger partial charge in [0.1, 0.15) is 0 Å². The fraction of sp³-hybridized carbons (Fsp3) is 0.833. The highest BCUT2D eigenvalue weighted by Gasteiger charge is 2.40. The third-order valence-corrected chi connectivity index (χ3v) is 3.80. The average molecular weight is 223 g/mol. The van der Waals surface area contributed by atoms with Gasteiger partial charge < -0.3 is 10.3 Å². The van der Waals surface area contributed by atoms with Gasteiger partial charge >= 0.3 is 0 Å². The number of hydrogen-bond donors (Lipinski definition) is 1. The van der Waals surface area contributed by atoms with Crippen molar-refractivity contribution in [2.75, 3.05) is 0 Å².